The molecule has 0 bridgehead atoms. The van der Waals surface area contributed by atoms with Gasteiger partial charge in [0.05, 0.1) is 23.9 Å². The van der Waals surface area contributed by atoms with E-state index in [4.69, 9.17) is 9.83 Å². The zero-order chi connectivity index (χ0) is 24.5. The fourth-order valence-electron chi connectivity index (χ4n) is 5.82. The van der Waals surface area contributed by atoms with E-state index in [0.29, 0.717) is 11.4 Å². The minimum absolute atomic E-state index is 0.326. The molecule has 4 nitrogen and oxygen atoms in total. The molecule has 33 heavy (non-hydrogen) atoms. The van der Waals surface area contributed by atoms with Crippen molar-refractivity contribution in [2.24, 2.45) is 4.99 Å². The zero-order valence-electron chi connectivity index (χ0n) is 21.0. The molecule has 1 aromatic heterocycles. The smallest absolute Gasteiger partial charge is 0.329 e. The van der Waals surface area contributed by atoms with Gasteiger partial charge in [0.25, 0.3) is 0 Å². The molecule has 3 heterocycles. The molecule has 174 valence electrons. The van der Waals surface area contributed by atoms with Crippen LogP contribution in [0, 0.1) is 13.8 Å². The van der Waals surface area contributed by atoms with Crippen molar-refractivity contribution in [3.05, 3.63) is 75.3 Å². The molecule has 2 aliphatic rings. The van der Waals surface area contributed by atoms with Crippen LogP contribution in [0.1, 0.15) is 75.2 Å². The minimum atomic E-state index is -2.64. The Morgan fingerprint density at radius 3 is 2.15 bits per heavy atom. The van der Waals surface area contributed by atoms with Crippen LogP contribution in [0.25, 0.3) is 5.57 Å². The molecule has 2 aliphatic heterocycles. The highest BCUT2D eigenvalue weighted by molar-refractivity contribution is 6.41. The van der Waals surface area contributed by atoms with E-state index in [0.717, 1.165) is 49.3 Å². The van der Waals surface area contributed by atoms with Gasteiger partial charge in [-0.15, -0.1) is 0 Å². The first-order valence-corrected chi connectivity index (χ1v) is 11.3. The van der Waals surface area contributed by atoms with Crippen molar-refractivity contribution in [2.75, 3.05) is 7.11 Å². The highest BCUT2D eigenvalue weighted by Gasteiger charge is 2.50. The summed E-state index contributed by atoms with van der Waals surface area (Å²) in [5, 5.41) is 2.00. The quantitative estimate of drug-likeness (QED) is 0.503. The molecule has 0 aliphatic carbocycles. The lowest BCUT2D eigenvalue weighted by molar-refractivity contribution is -0.241. The molecule has 7 heteroatoms. The summed E-state index contributed by atoms with van der Waals surface area (Å²) in [5.41, 5.74) is 7.62. The average molecular weight is 451 g/mol. The lowest BCUT2D eigenvalue weighted by Crippen LogP contribution is -2.44. The predicted octanol–water partition coefficient (Wildman–Crippen LogP) is 6.40. The highest BCUT2D eigenvalue weighted by Crippen LogP contribution is 2.50. The molecule has 2 aromatic rings. The summed E-state index contributed by atoms with van der Waals surface area (Å²) >= 11 is 0. The van der Waals surface area contributed by atoms with Gasteiger partial charge in [-0.3, -0.25) is 13.6 Å². The SMILES string of the molecule is CON1C(C)(C)c2ccc(/C(=C3/N=C(C)C=C3C)c3c(C)cc(C)n3B(F)F)cc2C1(C)C. The molecule has 0 fully saturated rings. The summed E-state index contributed by atoms with van der Waals surface area (Å²) in [6.07, 6.45) is 2.00. The number of hydroxylamine groups is 2. The highest BCUT2D eigenvalue weighted by atomic mass is 19.2. The van der Waals surface area contributed by atoms with Crippen molar-refractivity contribution in [1.82, 2.24) is 9.54 Å². The van der Waals surface area contributed by atoms with Crippen molar-refractivity contribution < 1.29 is 13.5 Å². The maximum Gasteiger partial charge on any atom is 0.677 e. The van der Waals surface area contributed by atoms with Gasteiger partial charge in [-0.05, 0) is 101 Å². The van der Waals surface area contributed by atoms with Crippen molar-refractivity contribution in [2.45, 2.75) is 66.5 Å². The van der Waals surface area contributed by atoms with Gasteiger partial charge in [0.1, 0.15) is 0 Å². The zero-order valence-corrected chi connectivity index (χ0v) is 21.0. The first kappa shape index (κ1) is 23.6. The molecule has 0 saturated carbocycles. The number of hydrogen-bond acceptors (Lipinski definition) is 3. The van der Waals surface area contributed by atoms with Gasteiger partial charge in [0.15, 0.2) is 0 Å². The van der Waals surface area contributed by atoms with Gasteiger partial charge in [0.2, 0.25) is 0 Å². The van der Waals surface area contributed by atoms with E-state index in [2.05, 4.69) is 39.8 Å². The van der Waals surface area contributed by atoms with Gasteiger partial charge < -0.3 is 9.32 Å². The molecule has 1 aromatic carbocycles. The predicted molar refractivity (Wildman–Crippen MR) is 132 cm³/mol. The fourth-order valence-corrected chi connectivity index (χ4v) is 5.82. The second kappa shape index (κ2) is 7.78. The molecule has 0 radical (unpaired) electrons. The summed E-state index contributed by atoms with van der Waals surface area (Å²) < 4.78 is 29.6. The summed E-state index contributed by atoms with van der Waals surface area (Å²) in [4.78, 5) is 10.6. The molecule has 0 atom stereocenters. The number of aliphatic imine (C=N–C) groups is 1. The van der Waals surface area contributed by atoms with E-state index >= 15 is 0 Å². The van der Waals surface area contributed by atoms with Crippen LogP contribution in [0.3, 0.4) is 0 Å². The fraction of sp³-hybridized carbons (Fsp3) is 0.423. The van der Waals surface area contributed by atoms with E-state index < -0.39 is 12.9 Å². The van der Waals surface area contributed by atoms with Crippen LogP contribution in [0.2, 0.25) is 0 Å². The van der Waals surface area contributed by atoms with Crippen LogP contribution in [-0.4, -0.2) is 29.8 Å². The van der Waals surface area contributed by atoms with Crippen LogP contribution in [-0.2, 0) is 15.9 Å². The van der Waals surface area contributed by atoms with Crippen LogP contribution < -0.4 is 0 Å². The summed E-state index contributed by atoms with van der Waals surface area (Å²) in [6, 6.07) is 8.09. The monoisotopic (exact) mass is 451 g/mol. The third kappa shape index (κ3) is 3.44. The van der Waals surface area contributed by atoms with Crippen LogP contribution in [0.4, 0.5) is 8.63 Å². The number of benzene rings is 1. The first-order chi connectivity index (χ1) is 15.3. The van der Waals surface area contributed by atoms with E-state index in [1.807, 2.05) is 44.0 Å². The maximum atomic E-state index is 14.2. The molecule has 4 rings (SSSR count). The average Bonchev–Trinajstić information content (AvgIpc) is 3.24. The Balaban J connectivity index is 2.06. The minimum Gasteiger partial charge on any atom is -0.329 e. The number of fused-ring (bicyclic) bond motifs is 1. The maximum absolute atomic E-state index is 14.2. The third-order valence-electron chi connectivity index (χ3n) is 7.00. The largest absolute Gasteiger partial charge is 0.677 e. The van der Waals surface area contributed by atoms with Crippen LogP contribution >= 0.6 is 0 Å². The van der Waals surface area contributed by atoms with Crippen molar-refractivity contribution in [1.29, 1.82) is 0 Å². The van der Waals surface area contributed by atoms with Gasteiger partial charge in [-0.25, -0.2) is 0 Å². The van der Waals surface area contributed by atoms with E-state index in [9.17, 15) is 8.63 Å². The summed E-state index contributed by atoms with van der Waals surface area (Å²) in [6.45, 7) is 16.1. The number of rotatable bonds is 4. The molecular weight excluding hydrogens is 419 g/mol. The van der Waals surface area contributed by atoms with Crippen molar-refractivity contribution in [3.8, 4) is 0 Å². The number of nitrogens with zero attached hydrogens (tertiary/aromatic N) is 3. The lowest BCUT2D eigenvalue weighted by Gasteiger charge is -2.38. The van der Waals surface area contributed by atoms with Crippen molar-refractivity contribution >= 4 is 18.7 Å². The number of allylic oxidation sites excluding steroid dienone is 2. The van der Waals surface area contributed by atoms with E-state index in [1.165, 1.54) is 0 Å². The van der Waals surface area contributed by atoms with E-state index in [-0.39, 0.29) is 5.54 Å². The van der Waals surface area contributed by atoms with E-state index in [1.54, 1.807) is 14.0 Å². The number of hydrogen-bond donors (Lipinski definition) is 0. The molecule has 0 saturated heterocycles. The number of aromatic nitrogens is 1. The molecule has 0 unspecified atom stereocenters. The Bertz CT molecular complexity index is 1230. The number of aryl methyl sites for hydroxylation is 2. The van der Waals surface area contributed by atoms with Gasteiger partial charge >= 0.3 is 7.40 Å². The second-order valence-corrected chi connectivity index (χ2v) is 10.1. The Morgan fingerprint density at radius 2 is 1.61 bits per heavy atom. The Labute approximate surface area is 195 Å². The van der Waals surface area contributed by atoms with Gasteiger partial charge in [-0.2, -0.15) is 5.06 Å². The molecular formula is C26H32BF2N3O. The normalized spacial score (nSPS) is 20.6. The second-order valence-electron chi connectivity index (χ2n) is 10.1. The molecule has 0 spiro atoms. The summed E-state index contributed by atoms with van der Waals surface area (Å²) in [5.74, 6) is 0. The lowest BCUT2D eigenvalue weighted by atomic mass is 9.86. The first-order valence-electron chi connectivity index (χ1n) is 11.3. The van der Waals surface area contributed by atoms with Gasteiger partial charge in [0, 0.05) is 22.7 Å². The van der Waals surface area contributed by atoms with Gasteiger partial charge in [-0.1, -0.05) is 12.1 Å². The Kier molecular flexibility index (Phi) is 5.57. The van der Waals surface area contributed by atoms with Crippen molar-refractivity contribution in [3.63, 3.8) is 0 Å². The Morgan fingerprint density at radius 1 is 0.970 bits per heavy atom. The van der Waals surface area contributed by atoms with Crippen LogP contribution in [0.15, 0.2) is 46.6 Å². The number of halogens is 2. The summed E-state index contributed by atoms with van der Waals surface area (Å²) in [7, 11) is -0.955. The molecule has 0 amide bonds. The van der Waals surface area contributed by atoms with Crippen LogP contribution in [0.5, 0.6) is 0 Å². The molecule has 0 N–H and O–H groups in total. The standard InChI is InChI=1S/C26H32BF2N3O/c1-15-12-17(3)30-23(15)22(24-16(2)13-18(4)31(24)27(28)29)19-10-11-20-21(14-19)26(7,8)32(33-9)25(20,5)6/h10-14H,1-9H3/b23-22-. The Hall–Kier alpha value is -2.51. The third-order valence-corrected chi connectivity index (χ3v) is 7.00. The topological polar surface area (TPSA) is 29.8 Å².